The molecule has 0 saturated carbocycles. The normalized spacial score (nSPS) is 17.2. The van der Waals surface area contributed by atoms with Gasteiger partial charge in [0.15, 0.2) is 17.3 Å². The average Bonchev–Trinajstić information content (AvgIpc) is 3.42. The van der Waals surface area contributed by atoms with Crippen LogP contribution in [0.3, 0.4) is 0 Å². The molecule has 0 unspecified atom stereocenters. The van der Waals surface area contributed by atoms with Gasteiger partial charge < -0.3 is 38.5 Å². The molecule has 0 atom stereocenters. The number of hydrogen-bond acceptors (Lipinski definition) is 8. The number of ether oxygens (including phenoxy) is 2. The van der Waals surface area contributed by atoms with Gasteiger partial charge in [-0.15, -0.1) is 0 Å². The molecule has 45 heavy (non-hydrogen) atoms. The van der Waals surface area contributed by atoms with E-state index in [1.54, 1.807) is 10.8 Å². The van der Waals surface area contributed by atoms with Crippen LogP contribution < -0.4 is 20.4 Å². The van der Waals surface area contributed by atoms with E-state index in [1.165, 1.54) is 6.07 Å². The van der Waals surface area contributed by atoms with Crippen LogP contribution in [0.5, 0.6) is 11.5 Å². The Morgan fingerprint density at radius 3 is 2.58 bits per heavy atom. The highest BCUT2D eigenvalue weighted by Crippen LogP contribution is 2.48. The van der Waals surface area contributed by atoms with Crippen LogP contribution in [0.2, 0.25) is 0 Å². The summed E-state index contributed by atoms with van der Waals surface area (Å²) in [6.45, 7) is 7.23. The van der Waals surface area contributed by atoms with E-state index in [0.29, 0.717) is 55.4 Å². The summed E-state index contributed by atoms with van der Waals surface area (Å²) < 4.78 is 36.0. The van der Waals surface area contributed by atoms with Crippen molar-refractivity contribution in [1.82, 2.24) is 19.7 Å². The number of likely N-dealkylation sites (N-methyl/N-ethyl adjacent to an activating group) is 1. The van der Waals surface area contributed by atoms with Crippen LogP contribution >= 0.6 is 0 Å². The maximum absolute atomic E-state index is 16.0. The summed E-state index contributed by atoms with van der Waals surface area (Å²) in [5.74, 6) is -0.333. The Labute approximate surface area is 258 Å². The fourth-order valence-corrected chi connectivity index (χ4v) is 6.74. The summed E-state index contributed by atoms with van der Waals surface area (Å²) in [4.78, 5) is 33.9. The molecule has 3 aliphatic rings. The molecular formula is C34H34FN5O5. The van der Waals surface area contributed by atoms with Gasteiger partial charge >= 0.3 is 0 Å². The third-order valence-electron chi connectivity index (χ3n) is 9.21. The number of carbonyl (C=O) groups excluding carboxylic acids is 1. The molecule has 2 saturated heterocycles. The summed E-state index contributed by atoms with van der Waals surface area (Å²) in [5.41, 5.74) is 2.07. The summed E-state index contributed by atoms with van der Waals surface area (Å²) >= 11 is 0. The number of amides is 1. The van der Waals surface area contributed by atoms with E-state index in [0.717, 1.165) is 55.5 Å². The van der Waals surface area contributed by atoms with Gasteiger partial charge in [0.1, 0.15) is 27.9 Å². The van der Waals surface area contributed by atoms with Crippen LogP contribution in [0.1, 0.15) is 16.8 Å². The second kappa shape index (κ2) is 11.2. The lowest BCUT2D eigenvalue weighted by Gasteiger charge is -2.33. The number of piperazine rings is 1. The first-order valence-corrected chi connectivity index (χ1v) is 15.5. The van der Waals surface area contributed by atoms with Gasteiger partial charge in [0.25, 0.3) is 5.91 Å². The van der Waals surface area contributed by atoms with Crippen LogP contribution in [-0.2, 0) is 4.74 Å². The zero-order valence-electron chi connectivity index (χ0n) is 25.1. The zero-order chi connectivity index (χ0) is 30.7. The van der Waals surface area contributed by atoms with Gasteiger partial charge in [-0.3, -0.25) is 9.59 Å². The predicted octanol–water partition coefficient (Wildman–Crippen LogP) is 4.34. The molecule has 3 aromatic carbocycles. The third kappa shape index (κ3) is 4.82. The predicted molar refractivity (Wildman–Crippen MR) is 171 cm³/mol. The zero-order valence-corrected chi connectivity index (χ0v) is 25.1. The molecule has 0 bridgehead atoms. The molecule has 5 heterocycles. The minimum Gasteiger partial charge on any atom is -0.456 e. The molecule has 0 spiro atoms. The number of nitrogens with zero attached hydrogens (tertiary/aromatic N) is 4. The van der Waals surface area contributed by atoms with Crippen molar-refractivity contribution in [2.45, 2.75) is 6.42 Å². The van der Waals surface area contributed by atoms with E-state index in [1.807, 2.05) is 41.3 Å². The lowest BCUT2D eigenvalue weighted by atomic mass is 10.0. The molecule has 232 valence electrons. The van der Waals surface area contributed by atoms with Crippen molar-refractivity contribution in [1.29, 1.82) is 0 Å². The van der Waals surface area contributed by atoms with E-state index >= 15 is 4.39 Å². The van der Waals surface area contributed by atoms with Crippen molar-refractivity contribution in [2.75, 3.05) is 77.5 Å². The summed E-state index contributed by atoms with van der Waals surface area (Å²) in [6.07, 6.45) is 2.32. The second-order valence-corrected chi connectivity index (χ2v) is 12.0. The topological polar surface area (TPSA) is 92.4 Å². The van der Waals surface area contributed by atoms with Gasteiger partial charge in [-0.25, -0.2) is 4.39 Å². The fraction of sp³-hybridized carbons (Fsp3) is 0.353. The van der Waals surface area contributed by atoms with Crippen molar-refractivity contribution < 1.29 is 23.1 Å². The van der Waals surface area contributed by atoms with E-state index in [4.69, 9.17) is 13.9 Å². The minimum absolute atomic E-state index is 0.0517. The molecule has 5 aromatic rings. The number of para-hydroxylation sites is 1. The van der Waals surface area contributed by atoms with Gasteiger partial charge in [0, 0.05) is 68.8 Å². The molecule has 11 heteroatoms. The van der Waals surface area contributed by atoms with Gasteiger partial charge in [0.2, 0.25) is 5.43 Å². The van der Waals surface area contributed by atoms with Crippen molar-refractivity contribution in [3.63, 3.8) is 0 Å². The number of benzene rings is 3. The molecule has 10 nitrogen and oxygen atoms in total. The number of anilines is 1. The lowest BCUT2D eigenvalue weighted by Crippen LogP contribution is -2.45. The number of pyridine rings is 1. The Bertz CT molecular complexity index is 2020. The van der Waals surface area contributed by atoms with Crippen molar-refractivity contribution in [3.8, 4) is 17.2 Å². The van der Waals surface area contributed by atoms with Crippen molar-refractivity contribution in [3.05, 3.63) is 70.3 Å². The molecule has 2 fully saturated rings. The average molecular weight is 612 g/mol. The van der Waals surface area contributed by atoms with Gasteiger partial charge in [-0.2, -0.15) is 0 Å². The first-order valence-electron chi connectivity index (χ1n) is 15.5. The number of morpholine rings is 1. The third-order valence-corrected chi connectivity index (χ3v) is 9.21. The van der Waals surface area contributed by atoms with Gasteiger partial charge in [0.05, 0.1) is 24.3 Å². The molecule has 1 N–H and O–H groups in total. The van der Waals surface area contributed by atoms with Gasteiger partial charge in [-0.1, -0.05) is 18.2 Å². The molecule has 2 aromatic heterocycles. The van der Waals surface area contributed by atoms with Crippen molar-refractivity contribution >= 4 is 44.4 Å². The Kier molecular flexibility index (Phi) is 6.96. The number of carbonyl (C=O) groups is 1. The molecule has 0 aliphatic carbocycles. The largest absolute Gasteiger partial charge is 0.456 e. The summed E-state index contributed by atoms with van der Waals surface area (Å²) in [7, 11) is 2.12. The van der Waals surface area contributed by atoms with Gasteiger partial charge in [-0.05, 0) is 38.2 Å². The minimum atomic E-state index is -0.578. The second-order valence-electron chi connectivity index (χ2n) is 12.0. The quantitative estimate of drug-likeness (QED) is 0.278. The summed E-state index contributed by atoms with van der Waals surface area (Å²) in [6, 6.07) is 12.7. The van der Waals surface area contributed by atoms with Crippen LogP contribution in [0.15, 0.2) is 57.9 Å². The highest BCUT2D eigenvalue weighted by Gasteiger charge is 2.32. The first kappa shape index (κ1) is 28.1. The highest BCUT2D eigenvalue weighted by atomic mass is 19.1. The van der Waals surface area contributed by atoms with Crippen molar-refractivity contribution in [2.24, 2.45) is 0 Å². The van der Waals surface area contributed by atoms with Crippen LogP contribution in [-0.4, -0.2) is 92.9 Å². The standard InChI is InChI=1S/C34H34FN5O5/c1-37-9-11-38(12-10-37)8-4-7-36-34(42)24-20-40-26-19-28-22(21-5-2-3-6-27(21)44-28)18-29(26)45-33-30(40)23(32(24)41)17-25(35)31(33)39-13-15-43-16-14-39/h2-3,5-6,17-20H,4,7-16H2,1H3,(H,36,42). The number of hydrogen-bond donors (Lipinski definition) is 1. The lowest BCUT2D eigenvalue weighted by molar-refractivity contribution is 0.0948. The molecule has 1 amide bonds. The Morgan fingerprint density at radius 1 is 0.956 bits per heavy atom. The Hall–Kier alpha value is -4.45. The smallest absolute Gasteiger partial charge is 0.256 e. The number of rotatable bonds is 6. The molecule has 8 rings (SSSR count). The van der Waals surface area contributed by atoms with Crippen LogP contribution in [0, 0.1) is 5.82 Å². The number of aromatic nitrogens is 1. The summed E-state index contributed by atoms with van der Waals surface area (Å²) in [5, 5.41) is 4.80. The van der Waals surface area contributed by atoms with E-state index in [-0.39, 0.29) is 22.4 Å². The number of nitrogens with one attached hydrogen (secondary N) is 1. The number of fused-ring (bicyclic) bond motifs is 5. The Morgan fingerprint density at radius 2 is 1.76 bits per heavy atom. The maximum atomic E-state index is 16.0. The number of halogens is 1. The monoisotopic (exact) mass is 611 g/mol. The molecule has 0 radical (unpaired) electrons. The number of furan rings is 1. The SMILES string of the molecule is CN1CCN(CCCNC(=O)c2cn3c4c(c(N5CCOCC5)c(F)cc4c2=O)Oc2cc4c(cc2-3)oc2ccccc24)CC1. The van der Waals surface area contributed by atoms with Crippen LogP contribution in [0.4, 0.5) is 10.1 Å². The van der Waals surface area contributed by atoms with E-state index < -0.39 is 17.2 Å². The molecular weight excluding hydrogens is 577 g/mol. The maximum Gasteiger partial charge on any atom is 0.256 e. The first-order chi connectivity index (χ1) is 22.0. The Balaban J connectivity index is 1.22. The van der Waals surface area contributed by atoms with E-state index in [2.05, 4.69) is 22.2 Å². The van der Waals surface area contributed by atoms with E-state index in [9.17, 15) is 9.59 Å². The molecule has 3 aliphatic heterocycles. The fourth-order valence-electron chi connectivity index (χ4n) is 6.74. The van der Waals surface area contributed by atoms with Crippen LogP contribution in [0.25, 0.3) is 38.5 Å². The highest BCUT2D eigenvalue weighted by molar-refractivity contribution is 6.07.